The predicted molar refractivity (Wildman–Crippen MR) is 93.2 cm³/mol. The second-order valence-electron chi connectivity index (χ2n) is 5.88. The zero-order valence-electron chi connectivity index (χ0n) is 15.1. The van der Waals surface area contributed by atoms with Crippen molar-refractivity contribution in [1.29, 1.82) is 0 Å². The van der Waals surface area contributed by atoms with Gasteiger partial charge >= 0.3 is 11.9 Å². The number of aliphatic hydroxyl groups excluding tert-OH is 1. The molecule has 0 amide bonds. The largest absolute Gasteiger partial charge is 0.465 e. The number of esters is 2. The first kappa shape index (κ1) is 19.4. The fourth-order valence-corrected chi connectivity index (χ4v) is 2.64. The highest BCUT2D eigenvalue weighted by Gasteiger charge is 2.27. The average Bonchev–Trinajstić information content (AvgIpc) is 2.94. The Balaban J connectivity index is 2.16. The third-order valence-electron chi connectivity index (χ3n) is 4.10. The van der Waals surface area contributed by atoms with Crippen molar-refractivity contribution in [3.8, 4) is 0 Å². The van der Waals surface area contributed by atoms with Crippen LogP contribution in [0.2, 0.25) is 0 Å². The van der Waals surface area contributed by atoms with E-state index < -0.39 is 23.8 Å². The summed E-state index contributed by atoms with van der Waals surface area (Å²) >= 11 is 0. The van der Waals surface area contributed by atoms with E-state index in [2.05, 4.69) is 4.98 Å². The van der Waals surface area contributed by atoms with Gasteiger partial charge in [-0.05, 0) is 44.0 Å². The number of aryl methyl sites for hydroxylation is 1. The van der Waals surface area contributed by atoms with Gasteiger partial charge in [-0.15, -0.1) is 0 Å². The van der Waals surface area contributed by atoms with Crippen molar-refractivity contribution in [3.63, 3.8) is 0 Å². The number of methoxy groups -OCH3 is 1. The van der Waals surface area contributed by atoms with Crippen LogP contribution in [-0.4, -0.2) is 41.0 Å². The van der Waals surface area contributed by atoms with E-state index in [0.29, 0.717) is 22.4 Å². The van der Waals surface area contributed by atoms with Gasteiger partial charge in [-0.25, -0.2) is 9.59 Å². The number of H-pyrrole nitrogens is 1. The minimum atomic E-state index is -1.04. The standard InChI is InChI=1S/C19H21NO6/c1-10-15(19(24)25-4)11(2)20-16(10)17(22)12(3)26-18(23)14-7-5-13(9-21)6-8-14/h5-8,12,20-21H,9H2,1-4H3/t12-/m0/s1. The Labute approximate surface area is 150 Å². The normalized spacial score (nSPS) is 11.7. The molecule has 7 heteroatoms. The smallest absolute Gasteiger partial charge is 0.339 e. The number of nitrogens with one attached hydrogen (secondary N) is 1. The van der Waals surface area contributed by atoms with Gasteiger partial charge in [-0.2, -0.15) is 0 Å². The summed E-state index contributed by atoms with van der Waals surface area (Å²) in [6.07, 6.45) is -1.04. The highest BCUT2D eigenvalue weighted by Crippen LogP contribution is 2.21. The van der Waals surface area contributed by atoms with Gasteiger partial charge in [-0.1, -0.05) is 12.1 Å². The van der Waals surface area contributed by atoms with Crippen molar-refractivity contribution in [3.05, 3.63) is 57.9 Å². The fraction of sp³-hybridized carbons (Fsp3) is 0.316. The molecule has 1 aromatic carbocycles. The number of aromatic nitrogens is 1. The van der Waals surface area contributed by atoms with E-state index in [1.54, 1.807) is 26.0 Å². The lowest BCUT2D eigenvalue weighted by molar-refractivity contribution is 0.0316. The summed E-state index contributed by atoms with van der Waals surface area (Å²) in [5, 5.41) is 9.02. The van der Waals surface area contributed by atoms with Crippen molar-refractivity contribution in [1.82, 2.24) is 4.98 Å². The lowest BCUT2D eigenvalue weighted by atomic mass is 10.1. The molecular formula is C19H21NO6. The van der Waals surface area contributed by atoms with Crippen LogP contribution in [-0.2, 0) is 16.1 Å². The maximum absolute atomic E-state index is 12.6. The number of Topliss-reactive ketones (excluding diaryl/α,β-unsaturated/α-hetero) is 1. The van der Waals surface area contributed by atoms with Crippen LogP contribution in [0.1, 0.15) is 54.9 Å². The molecule has 138 valence electrons. The lowest BCUT2D eigenvalue weighted by Gasteiger charge is -2.12. The lowest BCUT2D eigenvalue weighted by Crippen LogP contribution is -2.25. The summed E-state index contributed by atoms with van der Waals surface area (Å²) in [7, 11) is 1.27. The van der Waals surface area contributed by atoms with Gasteiger partial charge in [0, 0.05) is 5.69 Å². The van der Waals surface area contributed by atoms with E-state index in [1.807, 2.05) is 0 Å². The molecule has 2 N–H and O–H groups in total. The number of rotatable bonds is 6. The highest BCUT2D eigenvalue weighted by molar-refractivity contribution is 6.04. The first-order valence-corrected chi connectivity index (χ1v) is 8.02. The third-order valence-corrected chi connectivity index (χ3v) is 4.10. The van der Waals surface area contributed by atoms with Crippen LogP contribution in [0, 0.1) is 13.8 Å². The van der Waals surface area contributed by atoms with Gasteiger partial charge in [0.2, 0.25) is 5.78 Å². The van der Waals surface area contributed by atoms with Crippen molar-refractivity contribution >= 4 is 17.7 Å². The SMILES string of the molecule is COC(=O)c1c(C)[nH]c(C(=O)[C@H](C)OC(=O)c2ccc(CO)cc2)c1C. The van der Waals surface area contributed by atoms with Crippen molar-refractivity contribution in [2.75, 3.05) is 7.11 Å². The molecule has 1 aromatic heterocycles. The molecule has 1 heterocycles. The van der Waals surface area contributed by atoms with Crippen LogP contribution in [0.5, 0.6) is 0 Å². The molecule has 7 nitrogen and oxygen atoms in total. The van der Waals surface area contributed by atoms with Gasteiger partial charge in [0.25, 0.3) is 0 Å². The summed E-state index contributed by atoms with van der Waals surface area (Å²) in [6, 6.07) is 6.24. The van der Waals surface area contributed by atoms with Crippen LogP contribution in [0.15, 0.2) is 24.3 Å². The number of aliphatic hydroxyl groups is 1. The second-order valence-corrected chi connectivity index (χ2v) is 5.88. The zero-order chi connectivity index (χ0) is 19.4. The van der Waals surface area contributed by atoms with Gasteiger partial charge in [0.15, 0.2) is 6.10 Å². The van der Waals surface area contributed by atoms with Gasteiger partial charge in [-0.3, -0.25) is 4.79 Å². The molecule has 0 radical (unpaired) electrons. The molecular weight excluding hydrogens is 338 g/mol. The van der Waals surface area contributed by atoms with Crippen molar-refractivity contribution in [2.24, 2.45) is 0 Å². The number of hydrogen-bond donors (Lipinski definition) is 2. The molecule has 0 aliphatic carbocycles. The summed E-state index contributed by atoms with van der Waals surface area (Å²) < 4.78 is 9.95. The molecule has 0 saturated heterocycles. The number of carbonyl (C=O) groups is 3. The predicted octanol–water partition coefficient (Wildman–Crippen LogP) is 2.34. The number of benzene rings is 1. The Hall–Kier alpha value is -2.93. The third kappa shape index (κ3) is 3.83. The maximum Gasteiger partial charge on any atom is 0.339 e. The molecule has 0 spiro atoms. The molecule has 0 aliphatic rings. The molecule has 0 bridgehead atoms. The minimum absolute atomic E-state index is 0.127. The van der Waals surface area contributed by atoms with Gasteiger partial charge in [0.1, 0.15) is 0 Å². The number of aromatic amines is 1. The summed E-state index contributed by atoms with van der Waals surface area (Å²) in [5.74, 6) is -1.63. The molecule has 1 atom stereocenters. The Bertz CT molecular complexity index is 834. The van der Waals surface area contributed by atoms with E-state index in [-0.39, 0.29) is 17.9 Å². The van der Waals surface area contributed by atoms with E-state index in [0.717, 1.165) is 0 Å². The molecule has 0 saturated carbocycles. The number of ketones is 1. The highest BCUT2D eigenvalue weighted by atomic mass is 16.5. The number of hydrogen-bond acceptors (Lipinski definition) is 6. The first-order valence-electron chi connectivity index (χ1n) is 8.02. The monoisotopic (exact) mass is 359 g/mol. The topological polar surface area (TPSA) is 106 Å². The average molecular weight is 359 g/mol. The summed E-state index contributed by atoms with van der Waals surface area (Å²) in [5.41, 5.74) is 2.41. The van der Waals surface area contributed by atoms with Crippen molar-refractivity contribution < 1.29 is 29.0 Å². The zero-order valence-corrected chi connectivity index (χ0v) is 15.1. The quantitative estimate of drug-likeness (QED) is 0.606. The van der Waals surface area contributed by atoms with E-state index in [4.69, 9.17) is 14.6 Å². The Morgan fingerprint density at radius 3 is 2.27 bits per heavy atom. The van der Waals surface area contributed by atoms with E-state index >= 15 is 0 Å². The summed E-state index contributed by atoms with van der Waals surface area (Å²) in [6.45, 7) is 4.63. The van der Waals surface area contributed by atoms with Crippen LogP contribution < -0.4 is 0 Å². The van der Waals surface area contributed by atoms with E-state index in [9.17, 15) is 14.4 Å². The molecule has 2 rings (SSSR count). The fourth-order valence-electron chi connectivity index (χ4n) is 2.64. The molecule has 2 aromatic rings. The molecule has 0 aliphatic heterocycles. The Morgan fingerprint density at radius 1 is 1.12 bits per heavy atom. The van der Waals surface area contributed by atoms with Crippen LogP contribution >= 0.6 is 0 Å². The maximum atomic E-state index is 12.6. The molecule has 26 heavy (non-hydrogen) atoms. The summed E-state index contributed by atoms with van der Waals surface area (Å²) in [4.78, 5) is 39.5. The van der Waals surface area contributed by atoms with E-state index in [1.165, 1.54) is 26.2 Å². The Kier molecular flexibility index (Phi) is 5.94. The van der Waals surface area contributed by atoms with Gasteiger partial charge < -0.3 is 19.6 Å². The Morgan fingerprint density at radius 2 is 1.73 bits per heavy atom. The molecule has 0 fully saturated rings. The van der Waals surface area contributed by atoms with Gasteiger partial charge in [0.05, 0.1) is 30.5 Å². The minimum Gasteiger partial charge on any atom is -0.465 e. The van der Waals surface area contributed by atoms with Crippen LogP contribution in [0.4, 0.5) is 0 Å². The second kappa shape index (κ2) is 7.97. The van der Waals surface area contributed by atoms with Crippen LogP contribution in [0.3, 0.4) is 0 Å². The van der Waals surface area contributed by atoms with Crippen molar-refractivity contribution in [2.45, 2.75) is 33.5 Å². The number of carbonyl (C=O) groups excluding carboxylic acids is 3. The first-order chi connectivity index (χ1) is 12.3. The molecule has 0 unspecified atom stereocenters. The van der Waals surface area contributed by atoms with Crippen LogP contribution in [0.25, 0.3) is 0 Å². The number of ether oxygens (including phenoxy) is 2.